The molecule has 0 saturated heterocycles. The minimum atomic E-state index is -5.33. The van der Waals surface area contributed by atoms with Crippen LogP contribution in [0.3, 0.4) is 0 Å². The summed E-state index contributed by atoms with van der Waals surface area (Å²) < 4.78 is 193. The number of nitrogens with one attached hydrogen (secondary N) is 4. The molecule has 70 heavy (non-hydrogen) atoms. The largest absolute Gasteiger partial charge is 0.433 e. The second-order valence-corrected chi connectivity index (χ2v) is 24.5. The first kappa shape index (κ1) is 52.4. The SMILES string of the molecule is CC1(S(=O)(=O)CNc2nn(CC(F)(F)F)c3c(-c4ccc(C#CC(C)(C)S(=O)(=O)C5(C)CC5)nc4[C@H](Cc4cc(F)cc(F)c4)NC(=O)CNC4=C(C(=N)C(F)(F)F)CCC4(F)F)ccc(Cl)c23)CC1. The molecule has 0 spiro atoms. The number of rotatable bonds is 16. The van der Waals surface area contributed by atoms with Crippen LogP contribution in [0, 0.1) is 28.9 Å². The van der Waals surface area contributed by atoms with E-state index in [9.17, 15) is 56.8 Å². The van der Waals surface area contributed by atoms with Gasteiger partial charge < -0.3 is 16.0 Å². The number of sulfone groups is 2. The van der Waals surface area contributed by atoms with Crippen LogP contribution in [0.4, 0.5) is 49.7 Å². The summed E-state index contributed by atoms with van der Waals surface area (Å²) >= 11 is 6.64. The number of benzene rings is 2. The molecule has 2 fully saturated rings. The highest BCUT2D eigenvalue weighted by Gasteiger charge is 2.56. The summed E-state index contributed by atoms with van der Waals surface area (Å²) in [5.41, 5.74) is -5.84. The van der Waals surface area contributed by atoms with Crippen molar-refractivity contribution in [3.63, 3.8) is 0 Å². The lowest BCUT2D eigenvalue weighted by atomic mass is 9.93. The molecule has 7 rings (SSSR count). The van der Waals surface area contributed by atoms with Gasteiger partial charge in [0, 0.05) is 29.2 Å². The van der Waals surface area contributed by atoms with Crippen molar-refractivity contribution in [2.24, 2.45) is 0 Å². The second-order valence-electron chi connectivity index (χ2n) is 18.6. The molecule has 2 aromatic carbocycles. The third-order valence-corrected chi connectivity index (χ3v) is 18.6. The predicted molar refractivity (Wildman–Crippen MR) is 241 cm³/mol. The highest BCUT2D eigenvalue weighted by molar-refractivity contribution is 7.94. The number of carbonyl (C=O) groups excluding carboxylic acids is 1. The number of amides is 1. The van der Waals surface area contributed by atoms with Crippen LogP contribution in [0.25, 0.3) is 22.0 Å². The van der Waals surface area contributed by atoms with E-state index in [2.05, 4.69) is 32.6 Å². The Labute approximate surface area is 400 Å². The Bertz CT molecular complexity index is 3110. The number of aromatic nitrogens is 3. The molecular formula is C45H44ClF10N7O5S2. The topological polar surface area (TPSA) is 176 Å². The molecule has 0 radical (unpaired) electrons. The molecule has 4 N–H and O–H groups in total. The molecule has 1 amide bonds. The fourth-order valence-electron chi connectivity index (χ4n) is 8.12. The van der Waals surface area contributed by atoms with Gasteiger partial charge >= 0.3 is 12.4 Å². The highest BCUT2D eigenvalue weighted by Crippen LogP contribution is 2.48. The Morgan fingerprint density at radius 1 is 0.900 bits per heavy atom. The van der Waals surface area contributed by atoms with Gasteiger partial charge in [0.05, 0.1) is 49.4 Å². The van der Waals surface area contributed by atoms with E-state index in [4.69, 9.17) is 17.0 Å². The monoisotopic (exact) mass is 1050 g/mol. The molecule has 3 aliphatic carbocycles. The fraction of sp³-hybridized carbons (Fsp3) is 0.467. The summed E-state index contributed by atoms with van der Waals surface area (Å²) in [6.45, 7) is 2.86. The quantitative estimate of drug-likeness (QED) is 0.0484. The van der Waals surface area contributed by atoms with E-state index in [-0.39, 0.29) is 49.8 Å². The Kier molecular flexibility index (Phi) is 13.5. The lowest BCUT2D eigenvalue weighted by Crippen LogP contribution is -2.40. The van der Waals surface area contributed by atoms with E-state index >= 15 is 8.78 Å². The van der Waals surface area contributed by atoms with Gasteiger partial charge in [0.25, 0.3) is 5.92 Å². The van der Waals surface area contributed by atoms with Gasteiger partial charge in [0.15, 0.2) is 25.5 Å². The van der Waals surface area contributed by atoms with Crippen LogP contribution >= 0.6 is 11.6 Å². The number of hydrogen-bond donors (Lipinski definition) is 4. The lowest BCUT2D eigenvalue weighted by molar-refractivity contribution is -0.141. The Balaban J connectivity index is 1.41. The first-order valence-corrected chi connectivity index (χ1v) is 25.0. The van der Waals surface area contributed by atoms with Crippen LogP contribution in [0.2, 0.25) is 5.02 Å². The van der Waals surface area contributed by atoms with E-state index in [0.29, 0.717) is 36.4 Å². The number of halogens is 11. The van der Waals surface area contributed by atoms with Crippen LogP contribution in [-0.4, -0.2) is 88.2 Å². The van der Waals surface area contributed by atoms with Crippen molar-refractivity contribution in [3.05, 3.63) is 87.3 Å². The summed E-state index contributed by atoms with van der Waals surface area (Å²) in [5, 5.41) is 18.3. The molecule has 25 heteroatoms. The molecule has 0 bridgehead atoms. The molecule has 2 heterocycles. The van der Waals surface area contributed by atoms with Crippen molar-refractivity contribution < 1.29 is 65.5 Å². The minimum Gasteiger partial charge on any atom is -0.374 e. The smallest absolute Gasteiger partial charge is 0.374 e. The number of hydrogen-bond acceptors (Lipinski definition) is 10. The number of alkyl halides is 8. The summed E-state index contributed by atoms with van der Waals surface area (Å²) in [7, 11) is -7.78. The number of anilines is 1. The molecule has 1 atom stereocenters. The van der Waals surface area contributed by atoms with Crippen LogP contribution in [-0.2, 0) is 37.4 Å². The highest BCUT2D eigenvalue weighted by atomic mass is 35.5. The predicted octanol–water partition coefficient (Wildman–Crippen LogP) is 9.28. The molecule has 0 unspecified atom stereocenters. The van der Waals surface area contributed by atoms with Crippen LogP contribution in [0.5, 0.6) is 0 Å². The normalized spacial score (nSPS) is 18.0. The number of pyridine rings is 1. The maximum atomic E-state index is 15.0. The van der Waals surface area contributed by atoms with Gasteiger partial charge in [-0.2, -0.15) is 40.2 Å². The summed E-state index contributed by atoms with van der Waals surface area (Å²) in [6, 6.07) is 5.62. The van der Waals surface area contributed by atoms with Gasteiger partial charge in [-0.3, -0.25) is 14.9 Å². The maximum absolute atomic E-state index is 15.0. The molecule has 2 aromatic heterocycles. The van der Waals surface area contributed by atoms with E-state index in [1.165, 1.54) is 45.0 Å². The van der Waals surface area contributed by atoms with Crippen molar-refractivity contribution in [2.45, 2.75) is 118 Å². The Morgan fingerprint density at radius 2 is 1.51 bits per heavy atom. The van der Waals surface area contributed by atoms with Crippen molar-refractivity contribution in [2.75, 3.05) is 17.7 Å². The Hall–Kier alpha value is -5.41. The minimum absolute atomic E-state index is 0.140. The molecule has 0 aliphatic heterocycles. The third kappa shape index (κ3) is 10.6. The summed E-state index contributed by atoms with van der Waals surface area (Å²) in [6.07, 6.45) is -11.4. The summed E-state index contributed by atoms with van der Waals surface area (Å²) in [5.74, 6) is -3.06. The zero-order valence-corrected chi connectivity index (χ0v) is 39.9. The number of carbonyl (C=O) groups is 1. The fourth-order valence-corrected chi connectivity index (χ4v) is 11.8. The first-order chi connectivity index (χ1) is 32.2. The maximum Gasteiger partial charge on any atom is 0.433 e. The average Bonchev–Trinajstić information content (AvgIpc) is 4.13. The molecule has 2 saturated carbocycles. The standard InChI is InChI=1S/C45H44ClF10N7O5S2/c1-40(2,70(67,68)42(4)15-16-42)11-9-27-5-6-28(29-7-8-31(46)34-36(29)63(22-44(51,52)53)62-39(34)59-23-69(65,66)41(3)13-14-41)35(60-27)32(19-24-17-25(47)20-26(48)18-24)61-33(64)21-58-38-30(10-12-43(38,49)50)37(57)45(54,55)56/h5-8,17-18,20,32,57-58H,10,12-16,19,21-23H2,1-4H3,(H,59,62)(H,61,64)/t32-/m0/s1. The first-order valence-electron chi connectivity index (χ1n) is 21.4. The van der Waals surface area contributed by atoms with Crippen molar-refractivity contribution in [3.8, 4) is 23.0 Å². The van der Waals surface area contributed by atoms with Gasteiger partial charge in [-0.25, -0.2) is 30.6 Å². The van der Waals surface area contributed by atoms with Gasteiger partial charge in [0.1, 0.15) is 40.2 Å². The van der Waals surface area contributed by atoms with Crippen LogP contribution in [0.15, 0.2) is 53.7 Å². The molecule has 12 nitrogen and oxygen atoms in total. The Morgan fingerprint density at radius 3 is 2.10 bits per heavy atom. The molecule has 4 aromatic rings. The van der Waals surface area contributed by atoms with E-state index < -0.39 is 131 Å². The number of fused-ring (bicyclic) bond motifs is 1. The number of allylic oxidation sites excluding steroid dienone is 2. The summed E-state index contributed by atoms with van der Waals surface area (Å²) in [4.78, 5) is 18.5. The van der Waals surface area contributed by atoms with Crippen molar-refractivity contribution in [1.82, 2.24) is 25.4 Å². The van der Waals surface area contributed by atoms with Crippen molar-refractivity contribution >= 4 is 59.6 Å². The zero-order chi connectivity index (χ0) is 51.8. The van der Waals surface area contributed by atoms with Crippen molar-refractivity contribution in [1.29, 1.82) is 5.41 Å². The zero-order valence-electron chi connectivity index (χ0n) is 37.5. The van der Waals surface area contributed by atoms with E-state index in [0.717, 1.165) is 12.1 Å². The third-order valence-electron chi connectivity index (χ3n) is 12.7. The molecule has 378 valence electrons. The van der Waals surface area contributed by atoms with Gasteiger partial charge in [0.2, 0.25) is 5.91 Å². The second kappa shape index (κ2) is 18.0. The van der Waals surface area contributed by atoms with E-state index in [1.807, 2.05) is 5.32 Å². The van der Waals surface area contributed by atoms with Crippen LogP contribution < -0.4 is 16.0 Å². The van der Waals surface area contributed by atoms with Crippen LogP contribution in [0.1, 0.15) is 89.2 Å². The van der Waals surface area contributed by atoms with E-state index in [1.54, 1.807) is 6.92 Å². The van der Waals surface area contributed by atoms with Gasteiger partial charge in [-0.1, -0.05) is 23.6 Å². The van der Waals surface area contributed by atoms with Gasteiger partial charge in [-0.15, -0.1) is 0 Å². The lowest BCUT2D eigenvalue weighted by Gasteiger charge is -2.24. The molecular weight excluding hydrogens is 1010 g/mol. The molecule has 3 aliphatic rings. The number of nitrogens with zero attached hydrogens (tertiary/aromatic N) is 3. The average molecular weight is 1050 g/mol. The van der Waals surface area contributed by atoms with Gasteiger partial charge in [-0.05, 0) is 108 Å².